The summed E-state index contributed by atoms with van der Waals surface area (Å²) in [6.07, 6.45) is 1.17. The Hall–Kier alpha value is -0.710. The highest BCUT2D eigenvalue weighted by Crippen LogP contribution is 2.38. The summed E-state index contributed by atoms with van der Waals surface area (Å²) >= 11 is 5.33. The Labute approximate surface area is 126 Å². The molecule has 2 nitrogen and oxygen atoms in total. The van der Waals surface area contributed by atoms with Gasteiger partial charge in [-0.15, -0.1) is 11.3 Å². The van der Waals surface area contributed by atoms with E-state index in [0.29, 0.717) is 11.8 Å². The van der Waals surface area contributed by atoms with Gasteiger partial charge in [-0.05, 0) is 37.6 Å². The number of piperidine rings is 1. The summed E-state index contributed by atoms with van der Waals surface area (Å²) in [5.74, 6) is 1.06. The molecule has 2 atom stereocenters. The highest BCUT2D eigenvalue weighted by atomic mass is 79.9. The van der Waals surface area contributed by atoms with Crippen LogP contribution in [0.5, 0.6) is 0 Å². The SMILES string of the molecule is Cc1nc(C2CCNCC2c2cccc(Br)c2)cs1. The number of halogens is 1. The van der Waals surface area contributed by atoms with E-state index in [2.05, 4.69) is 57.8 Å². The summed E-state index contributed by atoms with van der Waals surface area (Å²) in [6.45, 7) is 4.22. The van der Waals surface area contributed by atoms with E-state index in [1.54, 1.807) is 11.3 Å². The third-order valence-electron chi connectivity index (χ3n) is 3.78. The first kappa shape index (κ1) is 13.3. The number of thiazole rings is 1. The maximum atomic E-state index is 4.71. The average Bonchev–Trinajstić information content (AvgIpc) is 2.85. The van der Waals surface area contributed by atoms with E-state index < -0.39 is 0 Å². The molecule has 1 saturated heterocycles. The van der Waals surface area contributed by atoms with Crippen LogP contribution in [-0.2, 0) is 0 Å². The number of nitrogens with zero attached hydrogens (tertiary/aromatic N) is 1. The molecule has 4 heteroatoms. The van der Waals surface area contributed by atoms with Gasteiger partial charge >= 0.3 is 0 Å². The fourth-order valence-corrected chi connectivity index (χ4v) is 3.94. The Balaban J connectivity index is 1.93. The van der Waals surface area contributed by atoms with E-state index in [1.807, 2.05) is 0 Å². The Kier molecular flexibility index (Phi) is 4.01. The summed E-state index contributed by atoms with van der Waals surface area (Å²) in [5.41, 5.74) is 2.67. The molecular weight excluding hydrogens is 320 g/mol. The van der Waals surface area contributed by atoms with Crippen LogP contribution in [0.4, 0.5) is 0 Å². The third kappa shape index (κ3) is 2.91. The molecule has 19 heavy (non-hydrogen) atoms. The Bertz CT molecular complexity index is 567. The summed E-state index contributed by atoms with van der Waals surface area (Å²) in [6, 6.07) is 8.68. The first-order chi connectivity index (χ1) is 9.24. The zero-order valence-corrected chi connectivity index (χ0v) is 13.3. The van der Waals surface area contributed by atoms with Crippen LogP contribution >= 0.6 is 27.3 Å². The van der Waals surface area contributed by atoms with E-state index in [4.69, 9.17) is 4.98 Å². The quantitative estimate of drug-likeness (QED) is 0.893. The van der Waals surface area contributed by atoms with Crippen molar-refractivity contribution in [3.05, 3.63) is 50.4 Å². The van der Waals surface area contributed by atoms with Gasteiger partial charge in [0.25, 0.3) is 0 Å². The van der Waals surface area contributed by atoms with Crippen molar-refractivity contribution in [3.63, 3.8) is 0 Å². The van der Waals surface area contributed by atoms with Gasteiger partial charge in [-0.2, -0.15) is 0 Å². The molecule has 0 spiro atoms. The average molecular weight is 337 g/mol. The van der Waals surface area contributed by atoms with Crippen molar-refractivity contribution in [1.29, 1.82) is 0 Å². The standard InChI is InChI=1S/C15H17BrN2S/c1-10-18-15(9-19-10)13-5-6-17-8-14(13)11-3-2-4-12(16)7-11/h2-4,7,9,13-14,17H,5-6,8H2,1H3. The number of nitrogens with one attached hydrogen (secondary N) is 1. The molecule has 1 N–H and O–H groups in total. The fraction of sp³-hybridized carbons (Fsp3) is 0.400. The highest BCUT2D eigenvalue weighted by Gasteiger charge is 2.29. The van der Waals surface area contributed by atoms with Crippen LogP contribution in [0.25, 0.3) is 0 Å². The molecule has 0 saturated carbocycles. The molecule has 2 heterocycles. The maximum Gasteiger partial charge on any atom is 0.0897 e. The lowest BCUT2D eigenvalue weighted by Crippen LogP contribution is -2.34. The number of rotatable bonds is 2. The molecular formula is C15H17BrN2S. The van der Waals surface area contributed by atoms with Gasteiger partial charge < -0.3 is 5.32 Å². The Morgan fingerprint density at radius 2 is 2.26 bits per heavy atom. The molecule has 1 aliphatic rings. The van der Waals surface area contributed by atoms with E-state index in [0.717, 1.165) is 17.6 Å². The van der Waals surface area contributed by atoms with Crippen molar-refractivity contribution in [3.8, 4) is 0 Å². The second kappa shape index (κ2) is 5.73. The van der Waals surface area contributed by atoms with Crippen molar-refractivity contribution >= 4 is 27.3 Å². The largest absolute Gasteiger partial charge is 0.316 e. The highest BCUT2D eigenvalue weighted by molar-refractivity contribution is 9.10. The van der Waals surface area contributed by atoms with E-state index >= 15 is 0 Å². The van der Waals surface area contributed by atoms with Crippen LogP contribution in [-0.4, -0.2) is 18.1 Å². The number of aryl methyl sites for hydroxylation is 1. The first-order valence-corrected chi connectivity index (χ1v) is 8.29. The fourth-order valence-electron chi connectivity index (χ4n) is 2.85. The summed E-state index contributed by atoms with van der Waals surface area (Å²) in [4.78, 5) is 4.71. The number of benzene rings is 1. The zero-order valence-electron chi connectivity index (χ0n) is 10.9. The van der Waals surface area contributed by atoms with Gasteiger partial charge in [0, 0.05) is 28.2 Å². The molecule has 1 aliphatic heterocycles. The molecule has 100 valence electrons. The van der Waals surface area contributed by atoms with Crippen molar-refractivity contribution in [1.82, 2.24) is 10.3 Å². The predicted octanol–water partition coefficient (Wildman–Crippen LogP) is 4.07. The molecule has 1 aromatic heterocycles. The van der Waals surface area contributed by atoms with Gasteiger partial charge in [-0.1, -0.05) is 28.1 Å². The summed E-state index contributed by atoms with van der Waals surface area (Å²) in [5, 5.41) is 6.92. The van der Waals surface area contributed by atoms with Crippen LogP contribution in [0.1, 0.15) is 34.5 Å². The molecule has 2 aromatic rings. The smallest absolute Gasteiger partial charge is 0.0897 e. The van der Waals surface area contributed by atoms with Crippen LogP contribution in [0.2, 0.25) is 0 Å². The van der Waals surface area contributed by atoms with Crippen molar-refractivity contribution in [2.24, 2.45) is 0 Å². The lowest BCUT2D eigenvalue weighted by atomic mass is 9.80. The molecule has 0 amide bonds. The van der Waals surface area contributed by atoms with Crippen LogP contribution in [0.15, 0.2) is 34.1 Å². The minimum absolute atomic E-state index is 0.521. The molecule has 3 rings (SSSR count). The minimum Gasteiger partial charge on any atom is -0.316 e. The van der Waals surface area contributed by atoms with Crippen LogP contribution in [0.3, 0.4) is 0 Å². The number of aromatic nitrogens is 1. The van der Waals surface area contributed by atoms with E-state index in [1.165, 1.54) is 22.7 Å². The molecule has 0 radical (unpaired) electrons. The van der Waals surface area contributed by atoms with Crippen LogP contribution < -0.4 is 5.32 Å². The van der Waals surface area contributed by atoms with Gasteiger partial charge in [-0.3, -0.25) is 0 Å². The number of hydrogen-bond acceptors (Lipinski definition) is 3. The van der Waals surface area contributed by atoms with Crippen molar-refractivity contribution < 1.29 is 0 Å². The van der Waals surface area contributed by atoms with Crippen molar-refractivity contribution in [2.45, 2.75) is 25.2 Å². The lowest BCUT2D eigenvalue weighted by Gasteiger charge is -2.31. The van der Waals surface area contributed by atoms with E-state index in [-0.39, 0.29) is 0 Å². The second-order valence-electron chi connectivity index (χ2n) is 5.05. The summed E-state index contributed by atoms with van der Waals surface area (Å²) < 4.78 is 1.16. The maximum absolute atomic E-state index is 4.71. The lowest BCUT2D eigenvalue weighted by molar-refractivity contribution is 0.399. The molecule has 1 aromatic carbocycles. The van der Waals surface area contributed by atoms with Crippen LogP contribution in [0, 0.1) is 6.92 Å². The molecule has 2 unspecified atom stereocenters. The third-order valence-corrected chi connectivity index (χ3v) is 5.06. The second-order valence-corrected chi connectivity index (χ2v) is 7.03. The van der Waals surface area contributed by atoms with E-state index in [9.17, 15) is 0 Å². The Morgan fingerprint density at radius 1 is 1.37 bits per heavy atom. The minimum atomic E-state index is 0.521. The first-order valence-electron chi connectivity index (χ1n) is 6.62. The topological polar surface area (TPSA) is 24.9 Å². The van der Waals surface area contributed by atoms with Gasteiger partial charge in [0.1, 0.15) is 0 Å². The molecule has 1 fully saturated rings. The number of hydrogen-bond donors (Lipinski definition) is 1. The van der Waals surface area contributed by atoms with Gasteiger partial charge in [0.2, 0.25) is 0 Å². The molecule has 0 aliphatic carbocycles. The normalized spacial score (nSPS) is 23.5. The van der Waals surface area contributed by atoms with Crippen molar-refractivity contribution in [2.75, 3.05) is 13.1 Å². The predicted molar refractivity (Wildman–Crippen MR) is 84.0 cm³/mol. The monoisotopic (exact) mass is 336 g/mol. The van der Waals surface area contributed by atoms with Gasteiger partial charge in [-0.25, -0.2) is 4.98 Å². The Morgan fingerprint density at radius 3 is 3.00 bits per heavy atom. The van der Waals surface area contributed by atoms with Gasteiger partial charge in [0.15, 0.2) is 0 Å². The van der Waals surface area contributed by atoms with Gasteiger partial charge in [0.05, 0.1) is 10.7 Å². The summed E-state index contributed by atoms with van der Waals surface area (Å²) in [7, 11) is 0. The molecule has 0 bridgehead atoms. The zero-order chi connectivity index (χ0) is 13.2.